The van der Waals surface area contributed by atoms with Crippen molar-refractivity contribution in [1.82, 2.24) is 25.1 Å². The molecule has 28 heavy (non-hydrogen) atoms. The van der Waals surface area contributed by atoms with Gasteiger partial charge in [-0.1, -0.05) is 30.3 Å². The van der Waals surface area contributed by atoms with Crippen LogP contribution in [-0.2, 0) is 17.8 Å². The van der Waals surface area contributed by atoms with Crippen LogP contribution in [0.1, 0.15) is 17.9 Å². The van der Waals surface area contributed by atoms with E-state index in [1.54, 1.807) is 6.07 Å². The average molecular weight is 375 g/mol. The molecule has 0 aliphatic rings. The van der Waals surface area contributed by atoms with Crippen molar-refractivity contribution in [2.24, 2.45) is 0 Å². The second-order valence-corrected chi connectivity index (χ2v) is 6.75. The number of nitrogens with one attached hydrogen (secondary N) is 2. The Morgan fingerprint density at radius 1 is 1.11 bits per heavy atom. The lowest BCUT2D eigenvalue weighted by molar-refractivity contribution is -0.121. The third-order valence-electron chi connectivity index (χ3n) is 4.70. The Bertz CT molecular complexity index is 1180. The minimum Gasteiger partial charge on any atom is -0.354 e. The van der Waals surface area contributed by atoms with Crippen LogP contribution in [0.2, 0.25) is 0 Å². The summed E-state index contributed by atoms with van der Waals surface area (Å²) in [5.41, 5.74) is 2.43. The topological polar surface area (TPSA) is 92.7 Å². The van der Waals surface area contributed by atoms with Crippen LogP contribution < -0.4 is 10.9 Å². The molecule has 0 radical (unpaired) electrons. The zero-order valence-electron chi connectivity index (χ0n) is 15.6. The van der Waals surface area contributed by atoms with E-state index in [0.717, 1.165) is 40.8 Å². The number of rotatable bonds is 6. The zero-order chi connectivity index (χ0) is 19.5. The second kappa shape index (κ2) is 7.64. The van der Waals surface area contributed by atoms with Crippen LogP contribution >= 0.6 is 0 Å². The predicted molar refractivity (Wildman–Crippen MR) is 108 cm³/mol. The van der Waals surface area contributed by atoms with Crippen LogP contribution in [0.25, 0.3) is 21.8 Å². The maximum atomic E-state index is 12.5. The summed E-state index contributed by atoms with van der Waals surface area (Å²) in [6.45, 7) is 2.26. The van der Waals surface area contributed by atoms with Gasteiger partial charge in [-0.2, -0.15) is 5.10 Å². The average Bonchev–Trinajstić information content (AvgIpc) is 3.12. The van der Waals surface area contributed by atoms with Gasteiger partial charge in [0, 0.05) is 18.4 Å². The van der Waals surface area contributed by atoms with Crippen molar-refractivity contribution in [2.75, 3.05) is 6.54 Å². The van der Waals surface area contributed by atoms with Gasteiger partial charge in [-0.25, -0.2) is 9.67 Å². The fourth-order valence-corrected chi connectivity index (χ4v) is 3.31. The lowest BCUT2D eigenvalue weighted by atomic mass is 10.1. The van der Waals surface area contributed by atoms with Gasteiger partial charge in [0.05, 0.1) is 22.1 Å². The number of imidazole rings is 1. The first-order valence-electron chi connectivity index (χ1n) is 9.28. The van der Waals surface area contributed by atoms with Crippen LogP contribution in [0.3, 0.4) is 0 Å². The highest BCUT2D eigenvalue weighted by molar-refractivity contribution is 5.83. The first-order chi connectivity index (χ1) is 13.6. The number of hydrogen-bond donors (Lipinski definition) is 2. The number of aromatic nitrogens is 4. The molecule has 0 unspecified atom stereocenters. The van der Waals surface area contributed by atoms with Crippen molar-refractivity contribution in [2.45, 2.75) is 26.3 Å². The molecule has 0 atom stereocenters. The van der Waals surface area contributed by atoms with Gasteiger partial charge in [-0.3, -0.25) is 9.59 Å². The number of nitrogens with zero attached hydrogens (tertiary/aromatic N) is 3. The molecular weight excluding hydrogens is 354 g/mol. The number of hydrogen-bond acceptors (Lipinski definition) is 4. The van der Waals surface area contributed by atoms with Crippen LogP contribution in [0.5, 0.6) is 0 Å². The van der Waals surface area contributed by atoms with E-state index in [2.05, 4.69) is 20.4 Å². The third-order valence-corrected chi connectivity index (χ3v) is 4.70. The smallest absolute Gasteiger partial charge is 0.275 e. The number of aryl methyl sites for hydroxylation is 2. The van der Waals surface area contributed by atoms with E-state index in [-0.39, 0.29) is 18.0 Å². The molecule has 142 valence electrons. The summed E-state index contributed by atoms with van der Waals surface area (Å²) < 4.78 is 1.23. The molecule has 4 rings (SSSR count). The fourth-order valence-electron chi connectivity index (χ4n) is 3.31. The maximum Gasteiger partial charge on any atom is 0.275 e. The molecule has 4 aromatic rings. The number of para-hydroxylation sites is 2. The van der Waals surface area contributed by atoms with E-state index in [1.165, 1.54) is 4.68 Å². The lowest BCUT2D eigenvalue weighted by Gasteiger charge is -2.09. The van der Waals surface area contributed by atoms with E-state index in [0.29, 0.717) is 11.9 Å². The summed E-state index contributed by atoms with van der Waals surface area (Å²) in [4.78, 5) is 32.6. The Balaban J connectivity index is 1.34. The standard InChI is InChI=1S/C21H21N5O2/c1-14-15-7-2-3-8-16(15)21(28)26(25-14)13-20(27)22-12-6-11-19-23-17-9-4-5-10-18(17)24-19/h2-5,7-10H,6,11-13H2,1H3,(H,22,27)(H,23,24). The molecule has 2 heterocycles. The Morgan fingerprint density at radius 3 is 2.68 bits per heavy atom. The predicted octanol–water partition coefficient (Wildman–Crippen LogP) is 2.33. The van der Waals surface area contributed by atoms with E-state index in [1.807, 2.05) is 49.4 Å². The highest BCUT2D eigenvalue weighted by Gasteiger charge is 2.10. The van der Waals surface area contributed by atoms with E-state index in [4.69, 9.17) is 0 Å². The molecule has 0 saturated heterocycles. The molecule has 0 fully saturated rings. The van der Waals surface area contributed by atoms with Crippen LogP contribution in [0.15, 0.2) is 53.3 Å². The summed E-state index contributed by atoms with van der Waals surface area (Å²) >= 11 is 0. The molecule has 7 nitrogen and oxygen atoms in total. The molecule has 1 amide bonds. The fraction of sp³-hybridized carbons (Fsp3) is 0.238. The van der Waals surface area contributed by atoms with Crippen molar-refractivity contribution in [1.29, 1.82) is 0 Å². The largest absolute Gasteiger partial charge is 0.354 e. The lowest BCUT2D eigenvalue weighted by Crippen LogP contribution is -2.34. The number of carbonyl (C=O) groups is 1. The summed E-state index contributed by atoms with van der Waals surface area (Å²) in [5, 5.41) is 8.51. The summed E-state index contributed by atoms with van der Waals surface area (Å²) in [5.74, 6) is 0.673. The van der Waals surface area contributed by atoms with Crippen molar-refractivity contribution >= 4 is 27.7 Å². The maximum absolute atomic E-state index is 12.5. The van der Waals surface area contributed by atoms with Gasteiger partial charge in [0.15, 0.2) is 0 Å². The van der Waals surface area contributed by atoms with E-state index >= 15 is 0 Å². The highest BCUT2D eigenvalue weighted by Crippen LogP contribution is 2.12. The molecule has 0 aliphatic heterocycles. The molecule has 0 bridgehead atoms. The Morgan fingerprint density at radius 2 is 1.86 bits per heavy atom. The molecular formula is C21H21N5O2. The zero-order valence-corrected chi connectivity index (χ0v) is 15.6. The second-order valence-electron chi connectivity index (χ2n) is 6.75. The quantitative estimate of drug-likeness (QED) is 0.506. The van der Waals surface area contributed by atoms with Crippen molar-refractivity contribution in [3.63, 3.8) is 0 Å². The molecule has 0 aliphatic carbocycles. The van der Waals surface area contributed by atoms with Gasteiger partial charge in [0.25, 0.3) is 5.56 Å². The van der Waals surface area contributed by atoms with Gasteiger partial charge in [0.1, 0.15) is 12.4 Å². The Labute approximate surface area is 161 Å². The van der Waals surface area contributed by atoms with Crippen molar-refractivity contribution in [3.05, 3.63) is 70.4 Å². The summed E-state index contributed by atoms with van der Waals surface area (Å²) in [6, 6.07) is 15.2. The Kier molecular flexibility index (Phi) is 4.89. The number of carbonyl (C=O) groups excluding carboxylic acids is 1. The number of H-pyrrole nitrogens is 1. The van der Waals surface area contributed by atoms with Crippen LogP contribution in [0.4, 0.5) is 0 Å². The molecule has 2 aromatic heterocycles. The van der Waals surface area contributed by atoms with Crippen LogP contribution in [0, 0.1) is 6.92 Å². The number of benzene rings is 2. The molecule has 0 spiro atoms. The van der Waals surface area contributed by atoms with Crippen molar-refractivity contribution in [3.8, 4) is 0 Å². The minimum atomic E-state index is -0.251. The van der Waals surface area contributed by atoms with Gasteiger partial charge >= 0.3 is 0 Å². The van der Waals surface area contributed by atoms with E-state index < -0.39 is 0 Å². The number of fused-ring (bicyclic) bond motifs is 2. The molecule has 7 heteroatoms. The van der Waals surface area contributed by atoms with Gasteiger partial charge in [-0.15, -0.1) is 0 Å². The number of amides is 1. The Hall–Kier alpha value is -3.48. The SMILES string of the molecule is Cc1nn(CC(=O)NCCCc2nc3ccccc3[nH]2)c(=O)c2ccccc12. The van der Waals surface area contributed by atoms with Gasteiger partial charge < -0.3 is 10.3 Å². The normalized spacial score (nSPS) is 11.2. The third kappa shape index (κ3) is 3.64. The molecule has 0 saturated carbocycles. The van der Waals surface area contributed by atoms with Gasteiger partial charge in [-0.05, 0) is 31.5 Å². The van der Waals surface area contributed by atoms with Gasteiger partial charge in [0.2, 0.25) is 5.91 Å². The first kappa shape index (κ1) is 17.9. The molecule has 2 aromatic carbocycles. The van der Waals surface area contributed by atoms with E-state index in [9.17, 15) is 9.59 Å². The highest BCUT2D eigenvalue weighted by atomic mass is 16.2. The molecule has 2 N–H and O–H groups in total. The summed E-state index contributed by atoms with van der Waals surface area (Å²) in [6.07, 6.45) is 1.49. The monoisotopic (exact) mass is 375 g/mol. The van der Waals surface area contributed by atoms with Crippen LogP contribution in [-0.4, -0.2) is 32.2 Å². The van der Waals surface area contributed by atoms with Crippen molar-refractivity contribution < 1.29 is 4.79 Å². The first-order valence-corrected chi connectivity index (χ1v) is 9.28. The minimum absolute atomic E-state index is 0.0881. The summed E-state index contributed by atoms with van der Waals surface area (Å²) in [7, 11) is 0. The number of aromatic amines is 1.